The van der Waals surface area contributed by atoms with Crippen LogP contribution in [0.5, 0.6) is 0 Å². The largest absolute Gasteiger partial charge is 0.450 e. The van der Waals surface area contributed by atoms with E-state index in [0.717, 1.165) is 0 Å². The number of carbonyl (C=O) groups excluding carboxylic acids is 2. The number of rotatable bonds is 4. The van der Waals surface area contributed by atoms with E-state index in [4.69, 9.17) is 4.74 Å². The van der Waals surface area contributed by atoms with Gasteiger partial charge in [-0.3, -0.25) is 0 Å². The van der Waals surface area contributed by atoms with Crippen molar-refractivity contribution in [1.82, 2.24) is 10.2 Å². The second kappa shape index (κ2) is 5.31. The molecule has 2 amide bonds. The molecule has 0 aromatic rings. The average Bonchev–Trinajstić information content (AvgIpc) is 2.52. The third-order valence-electron chi connectivity index (χ3n) is 1.77. The first kappa shape index (κ1) is 10.6. The van der Waals surface area contributed by atoms with Gasteiger partial charge in [-0.05, 0) is 6.92 Å². The molecule has 0 aliphatic carbocycles. The Labute approximate surface area is 82.1 Å². The molecular weight excluding hydrogens is 188 g/mol. The fraction of sp³-hybridized carbons (Fsp3) is 0.750. The molecule has 0 atom stereocenters. The number of cyclic esters (lactones) is 1. The molecule has 6 nitrogen and oxygen atoms in total. The Balaban J connectivity index is 2.08. The lowest BCUT2D eigenvalue weighted by atomic mass is 10.5. The number of alkyl carbamates (subject to hydrolysis) is 1. The molecule has 1 aliphatic rings. The van der Waals surface area contributed by atoms with Gasteiger partial charge in [0.25, 0.3) is 0 Å². The van der Waals surface area contributed by atoms with Gasteiger partial charge in [-0.1, -0.05) is 0 Å². The van der Waals surface area contributed by atoms with E-state index in [1.165, 1.54) is 4.90 Å². The van der Waals surface area contributed by atoms with Gasteiger partial charge in [0, 0.05) is 13.1 Å². The van der Waals surface area contributed by atoms with E-state index < -0.39 is 6.09 Å². The lowest BCUT2D eigenvalue weighted by Crippen LogP contribution is -2.35. The van der Waals surface area contributed by atoms with Crippen LogP contribution in [0.25, 0.3) is 0 Å². The van der Waals surface area contributed by atoms with Crippen molar-refractivity contribution in [3.8, 4) is 0 Å². The zero-order valence-corrected chi connectivity index (χ0v) is 8.12. The van der Waals surface area contributed by atoms with Crippen LogP contribution in [0.15, 0.2) is 0 Å². The van der Waals surface area contributed by atoms with Gasteiger partial charge in [-0.2, -0.15) is 0 Å². The standard InChI is InChI=1S/C8H14N2O4/c1-2-13-7(11)9-3-4-10-5-6-14-8(10)12/h2-6H2,1H3,(H,9,11). The van der Waals surface area contributed by atoms with Crippen molar-refractivity contribution in [1.29, 1.82) is 0 Å². The number of nitrogens with one attached hydrogen (secondary N) is 1. The molecule has 1 rings (SSSR count). The minimum atomic E-state index is -0.458. The molecule has 0 bridgehead atoms. The average molecular weight is 202 g/mol. The second-order valence-corrected chi connectivity index (χ2v) is 2.75. The van der Waals surface area contributed by atoms with Crippen molar-refractivity contribution in [2.45, 2.75) is 6.92 Å². The van der Waals surface area contributed by atoms with Gasteiger partial charge in [0.1, 0.15) is 6.61 Å². The zero-order valence-electron chi connectivity index (χ0n) is 8.12. The summed E-state index contributed by atoms with van der Waals surface area (Å²) in [4.78, 5) is 23.3. The Morgan fingerprint density at radius 3 is 3.07 bits per heavy atom. The van der Waals surface area contributed by atoms with E-state index in [0.29, 0.717) is 32.8 Å². The van der Waals surface area contributed by atoms with Crippen LogP contribution in [0, 0.1) is 0 Å². The monoisotopic (exact) mass is 202 g/mol. The summed E-state index contributed by atoms with van der Waals surface area (Å²) in [5.74, 6) is 0. The molecule has 1 fully saturated rings. The van der Waals surface area contributed by atoms with Gasteiger partial charge < -0.3 is 19.7 Å². The summed E-state index contributed by atoms with van der Waals surface area (Å²) in [7, 11) is 0. The highest BCUT2D eigenvalue weighted by Crippen LogP contribution is 2.00. The molecule has 0 spiro atoms. The normalized spacial score (nSPS) is 15.2. The molecule has 0 unspecified atom stereocenters. The summed E-state index contributed by atoms with van der Waals surface area (Å²) < 4.78 is 9.36. The predicted octanol–water partition coefficient (Wildman–Crippen LogP) is 0.185. The third kappa shape index (κ3) is 3.12. The fourth-order valence-electron chi connectivity index (χ4n) is 1.10. The maximum absolute atomic E-state index is 10.9. The van der Waals surface area contributed by atoms with Crippen LogP contribution in [0.4, 0.5) is 9.59 Å². The highest BCUT2D eigenvalue weighted by molar-refractivity contribution is 5.69. The zero-order chi connectivity index (χ0) is 10.4. The van der Waals surface area contributed by atoms with E-state index >= 15 is 0 Å². The summed E-state index contributed by atoms with van der Waals surface area (Å²) in [6.07, 6.45) is -0.782. The molecule has 14 heavy (non-hydrogen) atoms. The molecule has 1 aliphatic heterocycles. The smallest absolute Gasteiger partial charge is 0.409 e. The summed E-state index contributed by atoms with van der Waals surface area (Å²) in [5, 5.41) is 2.52. The molecule has 0 aromatic carbocycles. The summed E-state index contributed by atoms with van der Waals surface area (Å²) in [6.45, 7) is 3.93. The fourth-order valence-corrected chi connectivity index (χ4v) is 1.10. The Hall–Kier alpha value is -1.46. The maximum atomic E-state index is 10.9. The van der Waals surface area contributed by atoms with Gasteiger partial charge in [0.05, 0.1) is 13.2 Å². The van der Waals surface area contributed by atoms with E-state index in [2.05, 4.69) is 10.1 Å². The van der Waals surface area contributed by atoms with Gasteiger partial charge in [0.15, 0.2) is 0 Å². The maximum Gasteiger partial charge on any atom is 0.409 e. The number of hydrogen-bond donors (Lipinski definition) is 1. The minimum Gasteiger partial charge on any atom is -0.450 e. The Bertz CT molecular complexity index is 219. The molecule has 0 saturated carbocycles. The van der Waals surface area contributed by atoms with Crippen molar-refractivity contribution >= 4 is 12.2 Å². The topological polar surface area (TPSA) is 67.9 Å². The van der Waals surface area contributed by atoms with Crippen LogP contribution >= 0.6 is 0 Å². The number of ether oxygens (including phenoxy) is 2. The molecule has 1 N–H and O–H groups in total. The van der Waals surface area contributed by atoms with Crippen molar-refractivity contribution < 1.29 is 19.1 Å². The highest BCUT2D eigenvalue weighted by Gasteiger charge is 2.20. The molecule has 0 aromatic heterocycles. The lowest BCUT2D eigenvalue weighted by Gasteiger charge is -2.12. The number of nitrogens with zero attached hydrogens (tertiary/aromatic N) is 1. The van der Waals surface area contributed by atoms with Crippen molar-refractivity contribution in [3.05, 3.63) is 0 Å². The SMILES string of the molecule is CCOC(=O)NCCN1CCOC1=O. The minimum absolute atomic E-state index is 0.323. The molecule has 1 saturated heterocycles. The summed E-state index contributed by atoms with van der Waals surface area (Å²) in [5.41, 5.74) is 0. The van der Waals surface area contributed by atoms with Gasteiger partial charge >= 0.3 is 12.2 Å². The Morgan fingerprint density at radius 2 is 2.50 bits per heavy atom. The predicted molar refractivity (Wildman–Crippen MR) is 47.9 cm³/mol. The molecule has 6 heteroatoms. The first-order valence-electron chi connectivity index (χ1n) is 4.56. The molecule has 1 heterocycles. The van der Waals surface area contributed by atoms with Crippen LogP contribution in [0.3, 0.4) is 0 Å². The van der Waals surface area contributed by atoms with Crippen LogP contribution < -0.4 is 5.32 Å². The molecule has 80 valence electrons. The van der Waals surface area contributed by atoms with Gasteiger partial charge in [-0.25, -0.2) is 9.59 Å². The van der Waals surface area contributed by atoms with Crippen LogP contribution in [-0.4, -0.2) is 49.9 Å². The Morgan fingerprint density at radius 1 is 1.71 bits per heavy atom. The highest BCUT2D eigenvalue weighted by atomic mass is 16.6. The summed E-state index contributed by atoms with van der Waals surface area (Å²) in [6, 6.07) is 0. The summed E-state index contributed by atoms with van der Waals surface area (Å²) >= 11 is 0. The van der Waals surface area contributed by atoms with E-state index in [1.807, 2.05) is 0 Å². The number of hydrogen-bond acceptors (Lipinski definition) is 4. The van der Waals surface area contributed by atoms with Crippen molar-refractivity contribution in [2.24, 2.45) is 0 Å². The molecule has 0 radical (unpaired) electrons. The Kier molecular flexibility index (Phi) is 4.03. The van der Waals surface area contributed by atoms with E-state index in [-0.39, 0.29) is 6.09 Å². The number of amides is 2. The van der Waals surface area contributed by atoms with Crippen molar-refractivity contribution in [2.75, 3.05) is 32.8 Å². The number of carbonyl (C=O) groups is 2. The quantitative estimate of drug-likeness (QED) is 0.706. The van der Waals surface area contributed by atoms with Gasteiger partial charge in [0.2, 0.25) is 0 Å². The van der Waals surface area contributed by atoms with Crippen LogP contribution in [0.2, 0.25) is 0 Å². The van der Waals surface area contributed by atoms with Crippen LogP contribution in [0.1, 0.15) is 6.92 Å². The van der Waals surface area contributed by atoms with Crippen molar-refractivity contribution in [3.63, 3.8) is 0 Å². The first-order valence-corrected chi connectivity index (χ1v) is 4.56. The van der Waals surface area contributed by atoms with Gasteiger partial charge in [-0.15, -0.1) is 0 Å². The van der Waals surface area contributed by atoms with Crippen LogP contribution in [-0.2, 0) is 9.47 Å². The first-order chi connectivity index (χ1) is 6.74. The van der Waals surface area contributed by atoms with E-state index in [1.54, 1.807) is 6.92 Å². The lowest BCUT2D eigenvalue weighted by molar-refractivity contribution is 0.147. The second-order valence-electron chi connectivity index (χ2n) is 2.75. The third-order valence-corrected chi connectivity index (χ3v) is 1.77. The van der Waals surface area contributed by atoms with E-state index in [9.17, 15) is 9.59 Å². The molecular formula is C8H14N2O4.